The largest absolute Gasteiger partial charge is 0 e. The smallest absolute Gasteiger partial charge is 0 e. The van der Waals surface area contributed by atoms with Crippen LogP contribution in [0.15, 0.2) is 0 Å². The van der Waals surface area contributed by atoms with Crippen molar-refractivity contribution in [1.29, 1.82) is 0 Å². The molecule has 0 nitrogen and oxygen atoms in total. The van der Waals surface area contributed by atoms with Crippen molar-refractivity contribution in [1.82, 2.24) is 0 Å². The van der Waals surface area contributed by atoms with Crippen LogP contribution >= 0.6 is 0 Å². The summed E-state index contributed by atoms with van der Waals surface area (Å²) in [5.41, 5.74) is 0. The van der Waals surface area contributed by atoms with Crippen molar-refractivity contribution in [3.63, 3.8) is 0 Å². The van der Waals surface area contributed by atoms with E-state index in [2.05, 4.69) is 0 Å². The molecule has 0 saturated heterocycles. The molecule has 0 unspecified atom stereocenters. The Bertz CT molecular complexity index is 14.3. The van der Waals surface area contributed by atoms with Gasteiger partial charge in [0.15, 0.2) is 0 Å². The van der Waals surface area contributed by atoms with Crippen molar-refractivity contribution in [2.75, 3.05) is 0 Å². The van der Waals surface area contributed by atoms with E-state index in [1.54, 1.807) is 0 Å². The molecular formula is H6Ca3Ni3V3. The van der Waals surface area contributed by atoms with E-state index < -0.39 is 0 Å². The molecule has 0 amide bonds. The summed E-state index contributed by atoms with van der Waals surface area (Å²) in [6, 6.07) is 0. The van der Waals surface area contributed by atoms with Crippen LogP contribution in [-0.4, -0.2) is 113 Å². The molecule has 9 heteroatoms. The van der Waals surface area contributed by atoms with Gasteiger partial charge in [-0.2, -0.15) is 0 Å². The van der Waals surface area contributed by atoms with Gasteiger partial charge in [0.25, 0.3) is 0 Å². The summed E-state index contributed by atoms with van der Waals surface area (Å²) in [5, 5.41) is 0. The fraction of sp³-hybridized carbons (Fsp3) is 0. The topological polar surface area (TPSA) is 0 Å². The summed E-state index contributed by atoms with van der Waals surface area (Å²) in [7, 11) is 0. The average Bonchev–Trinajstić information content (AvgIpc) is 0. The molecule has 0 atom stereocenters. The Balaban J connectivity index is 0. The molecule has 0 heterocycles. The Labute approximate surface area is 212 Å². The SMILES string of the molecule is [CaH2].[CaH2].[CaH2].[Ni].[Ni].[Ni].[V].[V].[V]. The summed E-state index contributed by atoms with van der Waals surface area (Å²) >= 11 is 0. The molecule has 0 fully saturated rings. The van der Waals surface area contributed by atoms with E-state index in [4.69, 9.17) is 0 Å². The Hall–Kier alpha value is 7.01. The molecule has 0 N–H and O–H groups in total. The van der Waals surface area contributed by atoms with Gasteiger partial charge in [-0.1, -0.05) is 0 Å². The molecule has 0 saturated carbocycles. The molecular weight excluding hydrogens is 449 g/mol. The minimum absolute atomic E-state index is 0. The van der Waals surface area contributed by atoms with Gasteiger partial charge < -0.3 is 0 Å². The van der Waals surface area contributed by atoms with Crippen LogP contribution in [0, 0.1) is 0 Å². The van der Waals surface area contributed by atoms with Crippen LogP contribution in [0.3, 0.4) is 0 Å². The Morgan fingerprint density at radius 3 is 0.333 bits per heavy atom. The van der Waals surface area contributed by atoms with Crippen molar-refractivity contribution < 1.29 is 105 Å². The van der Waals surface area contributed by atoms with Crippen molar-refractivity contribution in [2.24, 2.45) is 0 Å². The minimum Gasteiger partial charge on any atom is 0 e. The first-order chi connectivity index (χ1) is 0. The van der Waals surface area contributed by atoms with Crippen LogP contribution in [0.2, 0.25) is 0 Å². The fourth-order valence-corrected chi connectivity index (χ4v) is 0. The van der Waals surface area contributed by atoms with Gasteiger partial charge in [-0.3, -0.25) is 0 Å². The molecule has 0 aromatic rings. The van der Waals surface area contributed by atoms with Crippen LogP contribution in [0.25, 0.3) is 0 Å². The normalized spacial score (nSPS) is 0. The second kappa shape index (κ2) is 59.9. The molecule has 0 aliphatic carbocycles. The van der Waals surface area contributed by atoms with Gasteiger partial charge in [0.05, 0.1) is 0 Å². The Kier molecular flexibility index (Phi) is 489. The summed E-state index contributed by atoms with van der Waals surface area (Å²) in [6.07, 6.45) is 0. The van der Waals surface area contributed by atoms with Gasteiger partial charge >= 0.3 is 113 Å². The van der Waals surface area contributed by atoms with Crippen molar-refractivity contribution >= 4 is 113 Å². The molecule has 9 heavy (non-hydrogen) atoms. The second-order valence-corrected chi connectivity index (χ2v) is 0. The molecule has 0 aliphatic heterocycles. The van der Waals surface area contributed by atoms with Gasteiger partial charge in [0, 0.05) is 105 Å². The monoisotopic (exact) mass is 453 g/mol. The molecule has 3 radical (unpaired) electrons. The maximum Gasteiger partial charge on any atom is 0 e. The fourth-order valence-electron chi connectivity index (χ4n) is 0. The Morgan fingerprint density at radius 1 is 0.333 bits per heavy atom. The first kappa shape index (κ1) is 73.4. The number of hydrogen-bond donors (Lipinski definition) is 0. The van der Waals surface area contributed by atoms with Crippen LogP contribution in [0.4, 0.5) is 0 Å². The quantitative estimate of drug-likeness (QED) is 0.348. The van der Waals surface area contributed by atoms with E-state index in [9.17, 15) is 0 Å². The van der Waals surface area contributed by atoms with Crippen LogP contribution in [0.1, 0.15) is 0 Å². The first-order valence-electron chi connectivity index (χ1n) is 0. The summed E-state index contributed by atoms with van der Waals surface area (Å²) in [4.78, 5) is 0. The molecule has 0 aliphatic rings. The Morgan fingerprint density at radius 2 is 0.333 bits per heavy atom. The predicted octanol–water partition coefficient (Wildman–Crippen LogP) is -2.76. The maximum atomic E-state index is 0. The van der Waals surface area contributed by atoms with Crippen molar-refractivity contribution in [3.8, 4) is 0 Å². The molecule has 0 spiro atoms. The molecule has 0 rings (SSSR count). The summed E-state index contributed by atoms with van der Waals surface area (Å²) in [6.45, 7) is 0. The van der Waals surface area contributed by atoms with Crippen molar-refractivity contribution in [3.05, 3.63) is 0 Å². The second-order valence-electron chi connectivity index (χ2n) is 0. The van der Waals surface area contributed by atoms with E-state index in [-0.39, 0.29) is 218 Å². The van der Waals surface area contributed by atoms with Crippen molar-refractivity contribution in [2.45, 2.75) is 0 Å². The zero-order chi connectivity index (χ0) is 0. The van der Waals surface area contributed by atoms with Crippen LogP contribution < -0.4 is 0 Å². The van der Waals surface area contributed by atoms with E-state index in [1.807, 2.05) is 0 Å². The zero-order valence-electron chi connectivity index (χ0n) is 2.29. The minimum atomic E-state index is 0. The van der Waals surface area contributed by atoms with Crippen LogP contribution in [-0.2, 0) is 105 Å². The third-order valence-electron chi connectivity index (χ3n) is 0. The summed E-state index contributed by atoms with van der Waals surface area (Å²) < 4.78 is 0. The molecule has 57 valence electrons. The number of rotatable bonds is 0. The van der Waals surface area contributed by atoms with Gasteiger partial charge in [-0.15, -0.1) is 0 Å². The predicted molar refractivity (Wildman–Crippen MR) is 25.6 cm³/mol. The maximum absolute atomic E-state index is 0. The van der Waals surface area contributed by atoms with Gasteiger partial charge in [-0.05, 0) is 0 Å². The van der Waals surface area contributed by atoms with Gasteiger partial charge in [0.2, 0.25) is 0 Å². The van der Waals surface area contributed by atoms with E-state index in [1.165, 1.54) is 0 Å². The van der Waals surface area contributed by atoms with Gasteiger partial charge in [-0.25, -0.2) is 0 Å². The molecule has 0 aromatic carbocycles. The molecule has 0 bridgehead atoms. The molecule has 0 aromatic heterocycles. The standard InChI is InChI=1S/3Ca.3Ni.3V.6H. The number of hydrogen-bond acceptors (Lipinski definition) is 0. The summed E-state index contributed by atoms with van der Waals surface area (Å²) in [5.74, 6) is 0. The zero-order valence-corrected chi connectivity index (χ0v) is 9.44. The van der Waals surface area contributed by atoms with E-state index >= 15 is 0 Å². The first-order valence-corrected chi connectivity index (χ1v) is 0. The van der Waals surface area contributed by atoms with E-state index in [0.29, 0.717) is 0 Å². The average molecular weight is 455 g/mol. The van der Waals surface area contributed by atoms with Crippen LogP contribution in [0.5, 0.6) is 0 Å². The van der Waals surface area contributed by atoms with Gasteiger partial charge in [0.1, 0.15) is 0 Å². The third-order valence-corrected chi connectivity index (χ3v) is 0. The third kappa shape index (κ3) is 51.7. The van der Waals surface area contributed by atoms with E-state index in [0.717, 1.165) is 0 Å².